The molecule has 0 aliphatic carbocycles. The van der Waals surface area contributed by atoms with Gasteiger partial charge in [-0.2, -0.15) is 0 Å². The second-order valence-corrected chi connectivity index (χ2v) is 7.22. The normalized spacial score (nSPS) is 10.8. The average Bonchev–Trinajstić information content (AvgIpc) is 3.22. The Morgan fingerprint density at radius 1 is 1.17 bits per heavy atom. The van der Waals surface area contributed by atoms with Crippen LogP contribution in [0.15, 0.2) is 60.0 Å². The van der Waals surface area contributed by atoms with Crippen molar-refractivity contribution in [3.8, 4) is 22.8 Å². The molecule has 0 atom stereocenters. The highest BCUT2D eigenvalue weighted by atomic mass is 32.1. The highest BCUT2D eigenvalue weighted by Gasteiger charge is 2.07. The molecular weight excluding hydrogens is 384 g/mol. The average molecular weight is 409 g/mol. The number of amides is 1. The van der Waals surface area contributed by atoms with E-state index >= 15 is 0 Å². The van der Waals surface area contributed by atoms with Crippen LogP contribution < -0.4 is 14.8 Å². The van der Waals surface area contributed by atoms with Crippen LogP contribution >= 0.6 is 11.3 Å². The number of ether oxygens (including phenoxy) is 2. The van der Waals surface area contributed by atoms with Crippen molar-refractivity contribution in [1.82, 2.24) is 4.98 Å². The minimum atomic E-state index is -0.222. The number of benzene rings is 2. The Bertz CT molecular complexity index is 964. The molecule has 0 unspecified atom stereocenters. The number of thiazole rings is 1. The van der Waals surface area contributed by atoms with E-state index in [0.29, 0.717) is 5.13 Å². The van der Waals surface area contributed by atoms with Gasteiger partial charge >= 0.3 is 0 Å². The van der Waals surface area contributed by atoms with Crippen molar-refractivity contribution < 1.29 is 14.3 Å². The number of aromatic nitrogens is 1. The number of anilines is 1. The maximum Gasteiger partial charge on any atom is 0.250 e. The Kier molecular flexibility index (Phi) is 7.41. The number of hydrogen-bond acceptors (Lipinski definition) is 5. The molecule has 1 heterocycles. The molecule has 0 saturated carbocycles. The van der Waals surface area contributed by atoms with Crippen molar-refractivity contribution in [2.75, 3.05) is 19.0 Å². The van der Waals surface area contributed by atoms with Gasteiger partial charge in [-0.3, -0.25) is 10.1 Å². The number of carbonyl (C=O) groups excluding carboxylic acids is 1. The SMILES string of the molecule is CCCCOc1ccc(C=CC(=O)Nc2nc(-c3cccc(OC)c3)cs2)cc1. The summed E-state index contributed by atoms with van der Waals surface area (Å²) in [5, 5.41) is 5.26. The quantitative estimate of drug-likeness (QED) is 0.367. The molecule has 150 valence electrons. The predicted octanol–water partition coefficient (Wildman–Crippen LogP) is 5.65. The summed E-state index contributed by atoms with van der Waals surface area (Å²) < 4.78 is 10.9. The summed E-state index contributed by atoms with van der Waals surface area (Å²) in [6.45, 7) is 2.85. The van der Waals surface area contributed by atoms with Crippen molar-refractivity contribution in [2.24, 2.45) is 0 Å². The lowest BCUT2D eigenvalue weighted by molar-refractivity contribution is -0.111. The van der Waals surface area contributed by atoms with Gasteiger partial charge in [0.25, 0.3) is 0 Å². The standard InChI is InChI=1S/C23H24N2O3S/c1-3-4-14-28-19-11-8-17(9-12-19)10-13-22(26)25-23-24-21(16-29-23)18-6-5-7-20(15-18)27-2/h5-13,15-16H,3-4,14H2,1-2H3,(H,24,25,26). The van der Waals surface area contributed by atoms with Crippen LogP contribution in [0.2, 0.25) is 0 Å². The molecule has 29 heavy (non-hydrogen) atoms. The minimum Gasteiger partial charge on any atom is -0.497 e. The molecule has 0 saturated heterocycles. The van der Waals surface area contributed by atoms with Gasteiger partial charge in [0.2, 0.25) is 5.91 Å². The van der Waals surface area contributed by atoms with Crippen molar-refractivity contribution >= 4 is 28.5 Å². The lowest BCUT2D eigenvalue weighted by Crippen LogP contribution is -2.07. The maximum atomic E-state index is 12.2. The summed E-state index contributed by atoms with van der Waals surface area (Å²) in [5.41, 5.74) is 2.67. The Morgan fingerprint density at radius 2 is 2.00 bits per heavy atom. The number of rotatable bonds is 9. The number of unbranched alkanes of at least 4 members (excludes halogenated alkanes) is 1. The molecule has 0 bridgehead atoms. The van der Waals surface area contributed by atoms with Crippen LogP contribution in [0.1, 0.15) is 25.3 Å². The molecule has 5 nitrogen and oxygen atoms in total. The molecule has 0 aliphatic heterocycles. The fraction of sp³-hybridized carbons (Fsp3) is 0.217. The highest BCUT2D eigenvalue weighted by Crippen LogP contribution is 2.27. The van der Waals surface area contributed by atoms with E-state index in [0.717, 1.165) is 47.8 Å². The third-order valence-corrected chi connectivity index (χ3v) is 4.93. The van der Waals surface area contributed by atoms with Gasteiger partial charge in [-0.1, -0.05) is 37.6 Å². The maximum absolute atomic E-state index is 12.2. The summed E-state index contributed by atoms with van der Waals surface area (Å²) in [6, 6.07) is 15.3. The zero-order valence-electron chi connectivity index (χ0n) is 16.6. The van der Waals surface area contributed by atoms with E-state index in [2.05, 4.69) is 17.2 Å². The molecule has 1 N–H and O–H groups in total. The minimum absolute atomic E-state index is 0.222. The van der Waals surface area contributed by atoms with Crippen LogP contribution in [-0.2, 0) is 4.79 Å². The smallest absolute Gasteiger partial charge is 0.250 e. The van der Waals surface area contributed by atoms with Crippen LogP contribution in [0.4, 0.5) is 5.13 Å². The molecule has 6 heteroatoms. The van der Waals surface area contributed by atoms with Gasteiger partial charge in [-0.15, -0.1) is 11.3 Å². The summed E-state index contributed by atoms with van der Waals surface area (Å²) in [7, 11) is 1.63. The first-order valence-corrected chi connectivity index (χ1v) is 10.4. The lowest BCUT2D eigenvalue weighted by Gasteiger charge is -2.05. The number of hydrogen-bond donors (Lipinski definition) is 1. The number of methoxy groups -OCH3 is 1. The number of carbonyl (C=O) groups is 1. The van der Waals surface area contributed by atoms with E-state index in [1.54, 1.807) is 13.2 Å². The van der Waals surface area contributed by atoms with Gasteiger partial charge in [0.15, 0.2) is 5.13 Å². The fourth-order valence-corrected chi connectivity index (χ4v) is 3.30. The summed E-state index contributed by atoms with van der Waals surface area (Å²) in [6.07, 6.45) is 5.41. The van der Waals surface area contributed by atoms with Gasteiger partial charge < -0.3 is 9.47 Å². The summed E-state index contributed by atoms with van der Waals surface area (Å²) >= 11 is 1.38. The van der Waals surface area contributed by atoms with Crippen molar-refractivity contribution in [1.29, 1.82) is 0 Å². The van der Waals surface area contributed by atoms with E-state index < -0.39 is 0 Å². The second kappa shape index (κ2) is 10.4. The fourth-order valence-electron chi connectivity index (χ4n) is 2.57. The van der Waals surface area contributed by atoms with Crippen LogP contribution in [-0.4, -0.2) is 24.6 Å². The van der Waals surface area contributed by atoms with Gasteiger partial charge in [0.05, 0.1) is 19.4 Å². The van der Waals surface area contributed by atoms with E-state index in [-0.39, 0.29) is 5.91 Å². The Labute approximate surface area is 175 Å². The van der Waals surface area contributed by atoms with Gasteiger partial charge in [0.1, 0.15) is 11.5 Å². The zero-order valence-corrected chi connectivity index (χ0v) is 17.4. The molecule has 0 radical (unpaired) electrons. The zero-order chi connectivity index (χ0) is 20.5. The van der Waals surface area contributed by atoms with Crippen molar-refractivity contribution in [3.63, 3.8) is 0 Å². The summed E-state index contributed by atoms with van der Waals surface area (Å²) in [4.78, 5) is 16.7. The first-order chi connectivity index (χ1) is 14.2. The highest BCUT2D eigenvalue weighted by molar-refractivity contribution is 7.14. The van der Waals surface area contributed by atoms with Crippen LogP contribution in [0.3, 0.4) is 0 Å². The predicted molar refractivity (Wildman–Crippen MR) is 119 cm³/mol. The third kappa shape index (κ3) is 6.19. The van der Waals surface area contributed by atoms with Crippen LogP contribution in [0.25, 0.3) is 17.3 Å². The first kappa shape index (κ1) is 20.6. The van der Waals surface area contributed by atoms with Gasteiger partial charge in [0, 0.05) is 17.0 Å². The summed E-state index contributed by atoms with van der Waals surface area (Å²) in [5.74, 6) is 1.39. The monoisotopic (exact) mass is 408 g/mol. The molecule has 0 spiro atoms. The second-order valence-electron chi connectivity index (χ2n) is 6.36. The number of nitrogens with one attached hydrogen (secondary N) is 1. The van der Waals surface area contributed by atoms with E-state index in [4.69, 9.17) is 9.47 Å². The lowest BCUT2D eigenvalue weighted by atomic mass is 10.2. The van der Waals surface area contributed by atoms with E-state index in [9.17, 15) is 4.79 Å². The Morgan fingerprint density at radius 3 is 2.76 bits per heavy atom. The number of nitrogens with zero attached hydrogens (tertiary/aromatic N) is 1. The molecule has 0 fully saturated rings. The van der Waals surface area contributed by atoms with Crippen LogP contribution in [0.5, 0.6) is 11.5 Å². The van der Waals surface area contributed by atoms with Gasteiger partial charge in [-0.05, 0) is 42.3 Å². The molecule has 2 aromatic carbocycles. The van der Waals surface area contributed by atoms with E-state index in [1.165, 1.54) is 17.4 Å². The molecule has 3 aromatic rings. The van der Waals surface area contributed by atoms with Gasteiger partial charge in [-0.25, -0.2) is 4.98 Å². The largest absolute Gasteiger partial charge is 0.497 e. The first-order valence-electron chi connectivity index (χ1n) is 9.50. The van der Waals surface area contributed by atoms with Crippen molar-refractivity contribution in [3.05, 3.63) is 65.6 Å². The molecule has 1 aromatic heterocycles. The molecule has 3 rings (SSSR count). The van der Waals surface area contributed by atoms with Crippen molar-refractivity contribution in [2.45, 2.75) is 19.8 Å². The van der Waals surface area contributed by atoms with E-state index in [1.807, 2.05) is 53.9 Å². The molecular formula is C23H24N2O3S. The topological polar surface area (TPSA) is 60.5 Å². The third-order valence-electron chi connectivity index (χ3n) is 4.17. The Balaban J connectivity index is 1.56. The van der Waals surface area contributed by atoms with Crippen LogP contribution in [0, 0.1) is 0 Å². The molecule has 0 aliphatic rings. The molecule has 1 amide bonds. The Hall–Kier alpha value is -3.12.